The first-order chi connectivity index (χ1) is 11.0. The minimum absolute atomic E-state index is 0.671. The summed E-state index contributed by atoms with van der Waals surface area (Å²) in [5.74, 6) is 0. The zero-order valence-electron chi connectivity index (χ0n) is 13.7. The maximum Gasteiger partial charge on any atom is 0.0991 e. The monoisotopic (exact) mass is 325 g/mol. The van der Waals surface area contributed by atoms with Crippen molar-refractivity contribution in [3.63, 3.8) is 0 Å². The Labute approximate surface area is 142 Å². The van der Waals surface area contributed by atoms with Gasteiger partial charge < -0.3 is 4.90 Å². The Kier molecular flexibility index (Phi) is 5.78. The third-order valence-corrected chi connectivity index (χ3v) is 4.04. The Morgan fingerprint density at radius 1 is 1.26 bits per heavy atom. The highest BCUT2D eigenvalue weighted by atomic mass is 35.5. The highest BCUT2D eigenvalue weighted by molar-refractivity contribution is 6.31. The number of rotatable bonds is 5. The van der Waals surface area contributed by atoms with Gasteiger partial charge in [0.25, 0.3) is 0 Å². The first-order valence-electron chi connectivity index (χ1n) is 7.56. The first-order valence-corrected chi connectivity index (χ1v) is 7.93. The number of hydrogen-bond donors (Lipinski definition) is 0. The summed E-state index contributed by atoms with van der Waals surface area (Å²) in [7, 11) is 1.99. The van der Waals surface area contributed by atoms with Gasteiger partial charge in [-0.1, -0.05) is 23.7 Å². The molecule has 0 saturated heterocycles. The van der Waals surface area contributed by atoms with E-state index in [9.17, 15) is 0 Å². The van der Waals surface area contributed by atoms with Crippen LogP contribution in [-0.4, -0.2) is 24.8 Å². The number of nitrogens with zero attached hydrogens (tertiary/aromatic N) is 3. The van der Waals surface area contributed by atoms with Gasteiger partial charge in [-0.2, -0.15) is 5.26 Å². The molecule has 0 aromatic heterocycles. The Morgan fingerprint density at radius 2 is 1.96 bits per heavy atom. The van der Waals surface area contributed by atoms with Crippen molar-refractivity contribution >= 4 is 23.6 Å². The molecule has 0 atom stereocenters. The van der Waals surface area contributed by atoms with Gasteiger partial charge in [-0.25, -0.2) is 4.99 Å². The molecule has 2 aromatic carbocycles. The van der Waals surface area contributed by atoms with Crippen LogP contribution in [0.4, 0.5) is 5.69 Å². The molecule has 3 nitrogen and oxygen atoms in total. The van der Waals surface area contributed by atoms with Gasteiger partial charge >= 0.3 is 0 Å². The normalized spacial score (nSPS) is 10.7. The van der Waals surface area contributed by atoms with E-state index in [0.717, 1.165) is 35.3 Å². The van der Waals surface area contributed by atoms with Crippen LogP contribution in [0.1, 0.15) is 29.2 Å². The molecule has 23 heavy (non-hydrogen) atoms. The maximum absolute atomic E-state index is 8.87. The Morgan fingerprint density at radius 3 is 2.57 bits per heavy atom. The quantitative estimate of drug-likeness (QED) is 0.589. The molecule has 0 bridgehead atoms. The Bertz CT molecular complexity index is 742. The third-order valence-electron chi connectivity index (χ3n) is 3.82. The minimum Gasteiger partial charge on any atom is -0.366 e. The molecule has 2 rings (SSSR count). The predicted octanol–water partition coefficient (Wildman–Crippen LogP) is 4.72. The van der Waals surface area contributed by atoms with Crippen LogP contribution in [0.15, 0.2) is 41.4 Å². The predicted molar refractivity (Wildman–Crippen MR) is 96.6 cm³/mol. The molecule has 118 valence electrons. The average molecular weight is 326 g/mol. The van der Waals surface area contributed by atoms with Gasteiger partial charge in [0.05, 0.1) is 23.7 Å². The lowest BCUT2D eigenvalue weighted by Crippen LogP contribution is -2.14. The van der Waals surface area contributed by atoms with Crippen LogP contribution in [0.25, 0.3) is 0 Å². The van der Waals surface area contributed by atoms with E-state index in [-0.39, 0.29) is 0 Å². The van der Waals surface area contributed by atoms with Gasteiger partial charge in [-0.3, -0.25) is 0 Å². The summed E-state index contributed by atoms with van der Waals surface area (Å²) in [6.45, 7) is 5.04. The van der Waals surface area contributed by atoms with Crippen molar-refractivity contribution in [1.29, 1.82) is 5.26 Å². The summed E-state index contributed by atoms with van der Waals surface area (Å²) >= 11 is 6.25. The fraction of sp³-hybridized carbons (Fsp3) is 0.263. The van der Waals surface area contributed by atoms with E-state index in [1.165, 1.54) is 0 Å². The summed E-state index contributed by atoms with van der Waals surface area (Å²) < 4.78 is 0. The Balaban J connectivity index is 2.29. The fourth-order valence-corrected chi connectivity index (χ4v) is 2.43. The van der Waals surface area contributed by atoms with Gasteiger partial charge in [-0.05, 0) is 61.2 Å². The van der Waals surface area contributed by atoms with Crippen LogP contribution in [0, 0.1) is 18.3 Å². The van der Waals surface area contributed by atoms with E-state index in [0.29, 0.717) is 10.6 Å². The molecule has 0 heterocycles. The van der Waals surface area contributed by atoms with Crippen molar-refractivity contribution < 1.29 is 0 Å². The highest BCUT2D eigenvalue weighted by Gasteiger charge is 2.07. The van der Waals surface area contributed by atoms with Crippen molar-refractivity contribution in [1.82, 2.24) is 4.90 Å². The van der Waals surface area contributed by atoms with E-state index >= 15 is 0 Å². The van der Waals surface area contributed by atoms with E-state index in [4.69, 9.17) is 16.9 Å². The number of halogens is 1. The van der Waals surface area contributed by atoms with E-state index in [1.807, 2.05) is 54.7 Å². The van der Waals surface area contributed by atoms with Crippen LogP contribution in [0.5, 0.6) is 0 Å². The lowest BCUT2D eigenvalue weighted by Gasteiger charge is -2.12. The van der Waals surface area contributed by atoms with Crippen molar-refractivity contribution in [3.8, 4) is 6.07 Å². The van der Waals surface area contributed by atoms with Crippen LogP contribution in [0.2, 0.25) is 5.02 Å². The lowest BCUT2D eigenvalue weighted by atomic mass is 9.99. The number of hydrogen-bond acceptors (Lipinski definition) is 2. The van der Waals surface area contributed by atoms with Crippen molar-refractivity contribution in [3.05, 3.63) is 63.7 Å². The van der Waals surface area contributed by atoms with Gasteiger partial charge in [0.1, 0.15) is 0 Å². The van der Waals surface area contributed by atoms with Crippen molar-refractivity contribution in [2.75, 3.05) is 13.6 Å². The topological polar surface area (TPSA) is 39.4 Å². The molecule has 0 aliphatic rings. The lowest BCUT2D eigenvalue weighted by molar-refractivity contribution is 0.552. The van der Waals surface area contributed by atoms with E-state index in [1.54, 1.807) is 0 Å². The van der Waals surface area contributed by atoms with Crippen LogP contribution < -0.4 is 0 Å². The summed E-state index contributed by atoms with van der Waals surface area (Å²) in [5, 5.41) is 9.56. The smallest absolute Gasteiger partial charge is 0.0991 e. The van der Waals surface area contributed by atoms with Gasteiger partial charge in [-0.15, -0.1) is 0 Å². The third kappa shape index (κ3) is 4.58. The number of benzene rings is 2. The van der Waals surface area contributed by atoms with Gasteiger partial charge in [0, 0.05) is 18.6 Å². The van der Waals surface area contributed by atoms with Gasteiger partial charge in [0.2, 0.25) is 0 Å². The van der Waals surface area contributed by atoms with Crippen LogP contribution in [-0.2, 0) is 6.42 Å². The minimum atomic E-state index is 0.671. The van der Waals surface area contributed by atoms with E-state index in [2.05, 4.69) is 24.9 Å². The molecule has 0 saturated carbocycles. The Hall–Kier alpha value is -2.31. The molecule has 0 aliphatic carbocycles. The number of nitriles is 1. The number of aliphatic imine (C=N–C) groups is 1. The fourth-order valence-electron chi connectivity index (χ4n) is 2.20. The summed E-state index contributed by atoms with van der Waals surface area (Å²) in [6, 6.07) is 13.6. The zero-order chi connectivity index (χ0) is 16.8. The summed E-state index contributed by atoms with van der Waals surface area (Å²) in [6.07, 6.45) is 2.59. The molecular formula is C19H20ClN3. The molecule has 0 spiro atoms. The molecular weight excluding hydrogens is 306 g/mol. The molecule has 0 aliphatic heterocycles. The first kappa shape index (κ1) is 17.1. The maximum atomic E-state index is 8.87. The second-order valence-corrected chi connectivity index (χ2v) is 5.95. The molecule has 0 unspecified atom stereocenters. The molecule has 4 heteroatoms. The second kappa shape index (κ2) is 7.80. The second-order valence-electron chi connectivity index (χ2n) is 5.51. The molecule has 2 aromatic rings. The molecule has 0 fully saturated rings. The van der Waals surface area contributed by atoms with Crippen molar-refractivity contribution in [2.45, 2.75) is 20.3 Å². The van der Waals surface area contributed by atoms with E-state index < -0.39 is 0 Å². The SMILES string of the molecule is CCN(C)C=Nc1cc(Cl)cc(Cc2ccc(C#N)cc2)c1C. The van der Waals surface area contributed by atoms with Crippen LogP contribution >= 0.6 is 11.6 Å². The summed E-state index contributed by atoms with van der Waals surface area (Å²) in [5.41, 5.74) is 4.98. The molecule has 0 radical (unpaired) electrons. The molecule has 0 amide bonds. The van der Waals surface area contributed by atoms with Crippen LogP contribution in [0.3, 0.4) is 0 Å². The summed E-state index contributed by atoms with van der Waals surface area (Å²) in [4.78, 5) is 6.55. The molecule has 0 N–H and O–H groups in total. The average Bonchev–Trinajstić information content (AvgIpc) is 2.56. The largest absolute Gasteiger partial charge is 0.366 e. The van der Waals surface area contributed by atoms with Gasteiger partial charge in [0.15, 0.2) is 0 Å². The highest BCUT2D eigenvalue weighted by Crippen LogP contribution is 2.28. The van der Waals surface area contributed by atoms with Crippen molar-refractivity contribution in [2.24, 2.45) is 4.99 Å². The zero-order valence-corrected chi connectivity index (χ0v) is 14.4. The standard InChI is InChI=1S/C19H20ClN3/c1-4-23(3)13-22-19-11-18(20)10-17(14(19)2)9-15-5-7-16(12-21)8-6-15/h5-8,10-11,13H,4,9H2,1-3H3.